The first-order valence-electron chi connectivity index (χ1n) is 5.12. The minimum Gasteiger partial charge on any atom is -0.465 e. The number of thioether (sulfide) groups is 1. The Kier molecular flexibility index (Phi) is 2.86. The average Bonchev–Trinajstić information content (AvgIpc) is 3.02. The lowest BCUT2D eigenvalue weighted by molar-refractivity contribution is -0.137. The Morgan fingerprint density at radius 2 is 2.53 bits per heavy atom. The fraction of sp³-hybridized carbons (Fsp3) is 0.300. The van der Waals surface area contributed by atoms with E-state index in [4.69, 9.17) is 4.74 Å². The van der Waals surface area contributed by atoms with Crippen LogP contribution < -0.4 is 0 Å². The van der Waals surface area contributed by atoms with Gasteiger partial charge in [-0.15, -0.1) is 16.4 Å². The molecule has 88 valence electrons. The van der Waals surface area contributed by atoms with E-state index in [1.807, 2.05) is 17.5 Å². The number of carbonyl (C=O) groups is 1. The molecule has 5 nitrogen and oxygen atoms in total. The molecule has 0 unspecified atom stereocenters. The number of ether oxygens (including phenoxy) is 1. The maximum Gasteiger partial charge on any atom is 0.319 e. The second-order valence-electron chi connectivity index (χ2n) is 3.51. The summed E-state index contributed by atoms with van der Waals surface area (Å²) in [5, 5.41) is 9.38. The molecule has 3 rings (SSSR count). The molecule has 1 aliphatic rings. The Morgan fingerprint density at radius 1 is 1.59 bits per heavy atom. The first-order valence-corrected chi connectivity index (χ1v) is 6.88. The summed E-state index contributed by atoms with van der Waals surface area (Å²) in [6.45, 7) is 0.499. The van der Waals surface area contributed by atoms with E-state index in [-0.39, 0.29) is 11.2 Å². The summed E-state index contributed by atoms with van der Waals surface area (Å²) >= 11 is 2.95. The molecule has 1 aliphatic heterocycles. The third kappa shape index (κ3) is 2.20. The van der Waals surface area contributed by atoms with Crippen LogP contribution in [0.5, 0.6) is 0 Å². The van der Waals surface area contributed by atoms with Crippen LogP contribution in [0, 0.1) is 0 Å². The fourth-order valence-electron chi connectivity index (χ4n) is 1.53. The third-order valence-electron chi connectivity index (χ3n) is 2.35. The quantitative estimate of drug-likeness (QED) is 0.861. The number of thiophene rings is 1. The molecule has 7 heteroatoms. The molecule has 0 saturated carbocycles. The lowest BCUT2D eigenvalue weighted by Gasteiger charge is -1.99. The van der Waals surface area contributed by atoms with Gasteiger partial charge in [-0.05, 0) is 11.4 Å². The molecular weight excluding hydrogens is 258 g/mol. The monoisotopic (exact) mass is 267 g/mol. The standard InChI is InChI=1S/C10H9N3O2S2/c14-9-7(3-4-15-9)17-10-11-8(12-13-10)6-2-1-5-16-6/h1-2,5,7H,3-4H2,(H,11,12,13)/t7-/m0/s1. The lowest BCUT2D eigenvalue weighted by atomic mass is 10.4. The Bertz CT molecular complexity index is 523. The van der Waals surface area contributed by atoms with E-state index >= 15 is 0 Å². The molecule has 1 atom stereocenters. The van der Waals surface area contributed by atoms with Crippen LogP contribution in [0.3, 0.4) is 0 Å². The summed E-state index contributed by atoms with van der Waals surface area (Å²) < 4.78 is 4.89. The maximum absolute atomic E-state index is 11.3. The number of cyclic esters (lactones) is 1. The first-order chi connectivity index (χ1) is 8.33. The van der Waals surface area contributed by atoms with Crippen molar-refractivity contribution in [2.45, 2.75) is 16.8 Å². The van der Waals surface area contributed by atoms with Gasteiger partial charge in [0.1, 0.15) is 5.25 Å². The van der Waals surface area contributed by atoms with Gasteiger partial charge in [-0.3, -0.25) is 9.89 Å². The number of hydrogen-bond acceptors (Lipinski definition) is 6. The Morgan fingerprint density at radius 3 is 3.24 bits per heavy atom. The van der Waals surface area contributed by atoms with Gasteiger partial charge in [0.2, 0.25) is 5.16 Å². The molecule has 3 heterocycles. The van der Waals surface area contributed by atoms with Crippen LogP contribution in [0.2, 0.25) is 0 Å². The number of esters is 1. The van der Waals surface area contributed by atoms with Crippen molar-refractivity contribution in [1.29, 1.82) is 0 Å². The zero-order chi connectivity index (χ0) is 11.7. The van der Waals surface area contributed by atoms with E-state index in [0.29, 0.717) is 11.8 Å². The highest BCUT2D eigenvalue weighted by atomic mass is 32.2. The van der Waals surface area contributed by atoms with E-state index in [2.05, 4.69) is 15.2 Å². The highest BCUT2D eigenvalue weighted by Gasteiger charge is 2.28. The second-order valence-corrected chi connectivity index (χ2v) is 5.62. The number of aromatic nitrogens is 3. The minimum absolute atomic E-state index is 0.165. The van der Waals surface area contributed by atoms with Gasteiger partial charge in [0, 0.05) is 6.42 Å². The SMILES string of the molecule is O=C1OCC[C@@H]1Sc1n[nH]c(-c2cccs2)n1. The van der Waals surface area contributed by atoms with Crippen LogP contribution in [0.25, 0.3) is 10.7 Å². The van der Waals surface area contributed by atoms with Crippen molar-refractivity contribution >= 4 is 29.1 Å². The number of carbonyl (C=O) groups excluding carboxylic acids is 1. The van der Waals surface area contributed by atoms with Gasteiger partial charge in [-0.25, -0.2) is 4.98 Å². The highest BCUT2D eigenvalue weighted by molar-refractivity contribution is 8.00. The topological polar surface area (TPSA) is 67.9 Å². The molecule has 17 heavy (non-hydrogen) atoms. The van der Waals surface area contributed by atoms with Crippen LogP contribution in [0.4, 0.5) is 0 Å². The van der Waals surface area contributed by atoms with E-state index < -0.39 is 0 Å². The van der Waals surface area contributed by atoms with Gasteiger partial charge in [-0.1, -0.05) is 17.8 Å². The van der Waals surface area contributed by atoms with Crippen LogP contribution in [0.1, 0.15) is 6.42 Å². The van der Waals surface area contributed by atoms with Gasteiger partial charge in [0.05, 0.1) is 11.5 Å². The van der Waals surface area contributed by atoms with Gasteiger partial charge in [0.15, 0.2) is 5.82 Å². The van der Waals surface area contributed by atoms with E-state index in [1.165, 1.54) is 11.8 Å². The zero-order valence-corrected chi connectivity index (χ0v) is 10.4. The highest BCUT2D eigenvalue weighted by Crippen LogP contribution is 2.29. The normalized spacial score (nSPS) is 19.5. The first kappa shape index (κ1) is 10.8. The number of hydrogen-bond donors (Lipinski definition) is 1. The Labute approximate surface area is 106 Å². The summed E-state index contributed by atoms with van der Waals surface area (Å²) in [4.78, 5) is 16.7. The fourth-order valence-corrected chi connectivity index (χ4v) is 3.07. The predicted molar refractivity (Wildman–Crippen MR) is 64.9 cm³/mol. The maximum atomic E-state index is 11.3. The smallest absolute Gasteiger partial charge is 0.319 e. The van der Waals surface area contributed by atoms with Crippen LogP contribution >= 0.6 is 23.1 Å². The lowest BCUT2D eigenvalue weighted by Crippen LogP contribution is -2.09. The minimum atomic E-state index is -0.169. The van der Waals surface area contributed by atoms with Crippen molar-refractivity contribution in [3.05, 3.63) is 17.5 Å². The largest absolute Gasteiger partial charge is 0.465 e. The van der Waals surface area contributed by atoms with E-state index in [0.717, 1.165) is 17.1 Å². The van der Waals surface area contributed by atoms with E-state index in [1.54, 1.807) is 11.3 Å². The molecule has 2 aromatic rings. The van der Waals surface area contributed by atoms with E-state index in [9.17, 15) is 4.79 Å². The number of H-pyrrole nitrogens is 1. The summed E-state index contributed by atoms with van der Waals surface area (Å²) in [6, 6.07) is 3.94. The molecule has 1 N–H and O–H groups in total. The van der Waals surface area contributed by atoms with Crippen LogP contribution in [-0.4, -0.2) is 33.0 Å². The van der Waals surface area contributed by atoms with Gasteiger partial charge in [0.25, 0.3) is 0 Å². The van der Waals surface area contributed by atoms with Gasteiger partial charge in [-0.2, -0.15) is 0 Å². The Balaban J connectivity index is 1.75. The number of aromatic amines is 1. The predicted octanol–water partition coefficient (Wildman–Crippen LogP) is 1.94. The van der Waals surface area contributed by atoms with Crippen molar-refractivity contribution in [1.82, 2.24) is 15.2 Å². The van der Waals surface area contributed by atoms with Gasteiger partial charge < -0.3 is 4.74 Å². The van der Waals surface area contributed by atoms with Crippen molar-refractivity contribution in [2.75, 3.05) is 6.61 Å². The third-order valence-corrected chi connectivity index (χ3v) is 4.34. The molecule has 0 amide bonds. The van der Waals surface area contributed by atoms with Crippen molar-refractivity contribution in [2.24, 2.45) is 0 Å². The van der Waals surface area contributed by atoms with Crippen molar-refractivity contribution in [3.63, 3.8) is 0 Å². The number of nitrogens with one attached hydrogen (secondary N) is 1. The summed E-state index contributed by atoms with van der Waals surface area (Å²) in [6.07, 6.45) is 0.729. The van der Waals surface area contributed by atoms with Gasteiger partial charge >= 0.3 is 5.97 Å². The molecule has 0 spiro atoms. The van der Waals surface area contributed by atoms with Crippen molar-refractivity contribution < 1.29 is 9.53 Å². The molecule has 1 saturated heterocycles. The molecule has 0 aliphatic carbocycles. The number of nitrogens with zero attached hydrogens (tertiary/aromatic N) is 2. The molecular formula is C10H9N3O2S2. The van der Waals surface area contributed by atoms with Crippen LogP contribution in [0.15, 0.2) is 22.7 Å². The molecule has 2 aromatic heterocycles. The summed E-state index contributed by atoms with van der Waals surface area (Å²) in [7, 11) is 0. The molecule has 0 bridgehead atoms. The second kappa shape index (κ2) is 4.50. The molecule has 0 aromatic carbocycles. The molecule has 1 fully saturated rings. The van der Waals surface area contributed by atoms with Crippen LogP contribution in [-0.2, 0) is 9.53 Å². The summed E-state index contributed by atoms with van der Waals surface area (Å²) in [5.74, 6) is 0.575. The average molecular weight is 267 g/mol. The number of rotatable bonds is 3. The van der Waals surface area contributed by atoms with Crippen molar-refractivity contribution in [3.8, 4) is 10.7 Å². The zero-order valence-electron chi connectivity index (χ0n) is 8.75. The summed E-state index contributed by atoms with van der Waals surface area (Å²) in [5.41, 5.74) is 0. The molecule has 0 radical (unpaired) electrons. The Hall–Kier alpha value is -1.34.